The number of hydrogen-bond acceptors (Lipinski definition) is 2. The Morgan fingerprint density at radius 2 is 1.95 bits per heavy atom. The zero-order valence-corrected chi connectivity index (χ0v) is 12.2. The highest BCUT2D eigenvalue weighted by molar-refractivity contribution is 5.75. The molecule has 1 aromatic carbocycles. The summed E-state index contributed by atoms with van der Waals surface area (Å²) in [5.74, 6) is 0. The highest BCUT2D eigenvalue weighted by Gasteiger charge is 2.33. The van der Waals surface area contributed by atoms with Gasteiger partial charge in [0.1, 0.15) is 0 Å². The van der Waals surface area contributed by atoms with Crippen molar-refractivity contribution in [2.45, 2.75) is 38.0 Å². The molecule has 1 aliphatic carbocycles. The molecule has 0 heterocycles. The van der Waals surface area contributed by atoms with Gasteiger partial charge in [-0.2, -0.15) is 13.2 Å². The fraction of sp³-hybridized carbons (Fsp3) is 0.533. The number of benzene rings is 1. The summed E-state index contributed by atoms with van der Waals surface area (Å²) in [4.78, 5) is 13.7. The molecule has 122 valence electrons. The Morgan fingerprint density at radius 3 is 2.41 bits per heavy atom. The van der Waals surface area contributed by atoms with Crippen molar-refractivity contribution in [1.29, 1.82) is 0 Å². The number of nitrogens with one attached hydrogen (secondary N) is 1. The topological polar surface area (TPSA) is 52.6 Å². The minimum Gasteiger partial charge on any atom is -0.395 e. The fourth-order valence-electron chi connectivity index (χ4n) is 2.26. The second-order valence-electron chi connectivity index (χ2n) is 5.44. The molecular weight excluding hydrogens is 297 g/mol. The van der Waals surface area contributed by atoms with Gasteiger partial charge in [0.25, 0.3) is 0 Å². The van der Waals surface area contributed by atoms with Crippen LogP contribution in [0.1, 0.15) is 36.9 Å². The number of urea groups is 1. The molecule has 7 heteroatoms. The Hall–Kier alpha value is -1.76. The largest absolute Gasteiger partial charge is 0.416 e. The molecule has 1 unspecified atom stereocenters. The molecule has 0 saturated heterocycles. The summed E-state index contributed by atoms with van der Waals surface area (Å²) in [6, 6.07) is 4.18. The van der Waals surface area contributed by atoms with Crippen LogP contribution in [0.4, 0.5) is 18.0 Å². The normalized spacial score (nSPS) is 16.2. The summed E-state index contributed by atoms with van der Waals surface area (Å²) in [5.41, 5.74) is -0.115. The van der Waals surface area contributed by atoms with Crippen molar-refractivity contribution in [1.82, 2.24) is 10.2 Å². The Kier molecular flexibility index (Phi) is 4.95. The average molecular weight is 316 g/mol. The first-order valence-electron chi connectivity index (χ1n) is 7.18. The third-order valence-corrected chi connectivity index (χ3v) is 3.67. The summed E-state index contributed by atoms with van der Waals surface area (Å²) in [7, 11) is 0. The number of carbonyl (C=O) groups is 1. The van der Waals surface area contributed by atoms with Crippen LogP contribution in [0.5, 0.6) is 0 Å². The smallest absolute Gasteiger partial charge is 0.395 e. The van der Waals surface area contributed by atoms with Gasteiger partial charge in [0.05, 0.1) is 18.2 Å². The van der Waals surface area contributed by atoms with E-state index in [1.54, 1.807) is 11.8 Å². The molecule has 1 aromatic rings. The van der Waals surface area contributed by atoms with E-state index >= 15 is 0 Å². The van der Waals surface area contributed by atoms with Gasteiger partial charge < -0.3 is 15.3 Å². The van der Waals surface area contributed by atoms with Gasteiger partial charge in [-0.25, -0.2) is 4.79 Å². The lowest BCUT2D eigenvalue weighted by Crippen LogP contribution is -2.43. The highest BCUT2D eigenvalue weighted by atomic mass is 19.4. The Bertz CT molecular complexity index is 513. The van der Waals surface area contributed by atoms with Crippen molar-refractivity contribution in [3.05, 3.63) is 35.4 Å². The first kappa shape index (κ1) is 16.6. The van der Waals surface area contributed by atoms with Crippen LogP contribution in [0.15, 0.2) is 24.3 Å². The van der Waals surface area contributed by atoms with E-state index in [1.165, 1.54) is 12.1 Å². The third kappa shape index (κ3) is 4.13. The molecule has 0 spiro atoms. The van der Waals surface area contributed by atoms with Gasteiger partial charge in [0.15, 0.2) is 0 Å². The van der Waals surface area contributed by atoms with Crippen molar-refractivity contribution in [3.8, 4) is 0 Å². The number of nitrogens with zero attached hydrogens (tertiary/aromatic N) is 1. The molecule has 0 radical (unpaired) electrons. The molecule has 2 N–H and O–H groups in total. The number of alkyl halides is 3. The third-order valence-electron chi connectivity index (χ3n) is 3.67. The number of aliphatic hydroxyl groups is 1. The van der Waals surface area contributed by atoms with Crippen molar-refractivity contribution < 1.29 is 23.1 Å². The number of hydrogen-bond donors (Lipinski definition) is 2. The van der Waals surface area contributed by atoms with Crippen LogP contribution in [-0.2, 0) is 6.18 Å². The number of halogens is 3. The monoisotopic (exact) mass is 316 g/mol. The summed E-state index contributed by atoms with van der Waals surface area (Å²) in [6.07, 6.45) is -2.53. The quantitative estimate of drug-likeness (QED) is 0.877. The van der Waals surface area contributed by atoms with E-state index in [0.717, 1.165) is 25.0 Å². The van der Waals surface area contributed by atoms with Crippen LogP contribution >= 0.6 is 0 Å². The SMILES string of the molecule is CC(NC(=O)N(CCO)C1CC1)c1ccc(C(F)(F)F)cc1. The molecule has 0 aliphatic heterocycles. The van der Waals surface area contributed by atoms with Crippen LogP contribution in [0.3, 0.4) is 0 Å². The van der Waals surface area contributed by atoms with E-state index < -0.39 is 17.8 Å². The van der Waals surface area contributed by atoms with E-state index in [1.807, 2.05) is 0 Å². The van der Waals surface area contributed by atoms with Gasteiger partial charge in [-0.1, -0.05) is 12.1 Å². The molecule has 0 aromatic heterocycles. The van der Waals surface area contributed by atoms with E-state index in [4.69, 9.17) is 5.11 Å². The molecular formula is C15H19F3N2O2. The van der Waals surface area contributed by atoms with E-state index in [9.17, 15) is 18.0 Å². The molecule has 2 rings (SSSR count). The summed E-state index contributed by atoms with van der Waals surface area (Å²) in [5, 5.41) is 11.7. The minimum atomic E-state index is -4.37. The van der Waals surface area contributed by atoms with Gasteiger partial charge in [-0.3, -0.25) is 0 Å². The maximum atomic E-state index is 12.5. The van der Waals surface area contributed by atoms with Crippen LogP contribution in [-0.4, -0.2) is 35.2 Å². The molecule has 1 fully saturated rings. The Labute approximate surface area is 126 Å². The second-order valence-corrected chi connectivity index (χ2v) is 5.44. The van der Waals surface area contributed by atoms with E-state index in [-0.39, 0.29) is 25.2 Å². The average Bonchev–Trinajstić information content (AvgIpc) is 3.28. The summed E-state index contributed by atoms with van der Waals surface area (Å²) >= 11 is 0. The van der Waals surface area contributed by atoms with Gasteiger partial charge in [0.2, 0.25) is 0 Å². The van der Waals surface area contributed by atoms with Gasteiger partial charge >= 0.3 is 12.2 Å². The summed E-state index contributed by atoms with van der Waals surface area (Å²) < 4.78 is 37.6. The molecule has 0 bridgehead atoms. The first-order valence-corrected chi connectivity index (χ1v) is 7.18. The number of aliphatic hydroxyl groups excluding tert-OH is 1. The lowest BCUT2D eigenvalue weighted by Gasteiger charge is -2.24. The van der Waals surface area contributed by atoms with Crippen molar-refractivity contribution in [3.63, 3.8) is 0 Å². The first-order chi connectivity index (χ1) is 10.3. The van der Waals surface area contributed by atoms with Crippen LogP contribution in [0, 0.1) is 0 Å². The van der Waals surface area contributed by atoms with Crippen molar-refractivity contribution in [2.24, 2.45) is 0 Å². The molecule has 1 atom stereocenters. The van der Waals surface area contributed by atoms with Gasteiger partial charge in [0, 0.05) is 12.6 Å². The zero-order chi connectivity index (χ0) is 16.3. The predicted molar refractivity (Wildman–Crippen MR) is 75.2 cm³/mol. The summed E-state index contributed by atoms with van der Waals surface area (Å²) in [6.45, 7) is 1.86. The van der Waals surface area contributed by atoms with Crippen molar-refractivity contribution >= 4 is 6.03 Å². The van der Waals surface area contributed by atoms with Crippen molar-refractivity contribution in [2.75, 3.05) is 13.2 Å². The second kappa shape index (κ2) is 6.56. The lowest BCUT2D eigenvalue weighted by molar-refractivity contribution is -0.137. The van der Waals surface area contributed by atoms with Crippen LogP contribution in [0.25, 0.3) is 0 Å². The molecule has 4 nitrogen and oxygen atoms in total. The molecule has 22 heavy (non-hydrogen) atoms. The Morgan fingerprint density at radius 1 is 1.36 bits per heavy atom. The molecule has 2 amide bonds. The van der Waals surface area contributed by atoms with E-state index in [2.05, 4.69) is 5.32 Å². The molecule has 1 saturated carbocycles. The fourth-order valence-corrected chi connectivity index (χ4v) is 2.26. The zero-order valence-electron chi connectivity index (χ0n) is 12.2. The van der Waals surface area contributed by atoms with E-state index in [0.29, 0.717) is 5.56 Å². The van der Waals surface area contributed by atoms with Gasteiger partial charge in [-0.15, -0.1) is 0 Å². The Balaban J connectivity index is 1.99. The van der Waals surface area contributed by atoms with Crippen LogP contribution in [0.2, 0.25) is 0 Å². The lowest BCUT2D eigenvalue weighted by atomic mass is 10.1. The van der Waals surface area contributed by atoms with Crippen LogP contribution < -0.4 is 5.32 Å². The number of amides is 2. The number of carbonyl (C=O) groups excluding carboxylic acids is 1. The maximum absolute atomic E-state index is 12.5. The maximum Gasteiger partial charge on any atom is 0.416 e. The standard InChI is InChI=1S/C15H19F3N2O2/c1-10(11-2-4-12(5-3-11)15(16,17)18)19-14(22)20(8-9-21)13-6-7-13/h2-5,10,13,21H,6-9H2,1H3,(H,19,22). The predicted octanol–water partition coefficient (Wildman–Crippen LogP) is 2.93. The highest BCUT2D eigenvalue weighted by Crippen LogP contribution is 2.30. The number of rotatable bonds is 5. The van der Waals surface area contributed by atoms with Gasteiger partial charge in [-0.05, 0) is 37.5 Å². The minimum absolute atomic E-state index is 0.113. The molecule has 1 aliphatic rings.